The molecule has 0 aliphatic carbocycles. The van der Waals surface area contributed by atoms with Gasteiger partial charge in [-0.3, -0.25) is 9.59 Å². The molecule has 2 atom stereocenters. The predicted octanol–water partition coefficient (Wildman–Crippen LogP) is 2.32. The zero-order chi connectivity index (χ0) is 17.5. The summed E-state index contributed by atoms with van der Waals surface area (Å²) in [6.45, 7) is 0. The van der Waals surface area contributed by atoms with Crippen molar-refractivity contribution < 1.29 is 14.3 Å². The van der Waals surface area contributed by atoms with Crippen LogP contribution in [0.3, 0.4) is 0 Å². The van der Waals surface area contributed by atoms with Crippen molar-refractivity contribution in [1.82, 2.24) is 10.2 Å². The number of likely N-dealkylation sites (N-methyl/N-ethyl adjacent to an activating group) is 1. The summed E-state index contributed by atoms with van der Waals surface area (Å²) >= 11 is 0. The number of ether oxygens (including phenoxy) is 1. The van der Waals surface area contributed by atoms with Gasteiger partial charge in [0.2, 0.25) is 5.91 Å². The number of benzene rings is 2. The molecule has 0 unspecified atom stereocenters. The van der Waals surface area contributed by atoms with Crippen molar-refractivity contribution in [2.75, 3.05) is 21.2 Å². The van der Waals surface area contributed by atoms with Gasteiger partial charge in [0.1, 0.15) is 6.04 Å². The molecule has 1 N–H and O–H groups in total. The van der Waals surface area contributed by atoms with Crippen LogP contribution in [0.25, 0.3) is 0 Å². The number of carbonyl (C=O) groups is 2. The number of rotatable bonds is 6. The molecule has 126 valence electrons. The SMILES string of the molecule is CO[C@H](C(=O)N[C@@H](C(=O)N(C)C)c1ccccc1)c1ccccc1. The van der Waals surface area contributed by atoms with E-state index in [1.807, 2.05) is 60.7 Å². The Kier molecular flexibility index (Phi) is 6.09. The molecule has 0 aromatic heterocycles. The molecule has 0 fully saturated rings. The molecular weight excluding hydrogens is 304 g/mol. The van der Waals surface area contributed by atoms with Crippen LogP contribution in [0.4, 0.5) is 0 Å². The van der Waals surface area contributed by atoms with E-state index < -0.39 is 12.1 Å². The summed E-state index contributed by atoms with van der Waals surface area (Å²) in [5.74, 6) is -0.551. The number of hydrogen-bond donors (Lipinski definition) is 1. The molecule has 0 radical (unpaired) electrons. The molecule has 2 rings (SSSR count). The minimum Gasteiger partial charge on any atom is -0.367 e. The van der Waals surface area contributed by atoms with Gasteiger partial charge in [0.25, 0.3) is 5.91 Å². The van der Waals surface area contributed by atoms with E-state index in [0.717, 1.165) is 11.1 Å². The summed E-state index contributed by atoms with van der Waals surface area (Å²) in [5, 5.41) is 2.81. The molecule has 0 bridgehead atoms. The van der Waals surface area contributed by atoms with Gasteiger partial charge in [-0.25, -0.2) is 0 Å². The van der Waals surface area contributed by atoms with Crippen LogP contribution in [0.2, 0.25) is 0 Å². The van der Waals surface area contributed by atoms with Crippen molar-refractivity contribution in [3.63, 3.8) is 0 Å². The zero-order valence-electron chi connectivity index (χ0n) is 14.1. The van der Waals surface area contributed by atoms with Crippen molar-refractivity contribution in [1.29, 1.82) is 0 Å². The van der Waals surface area contributed by atoms with E-state index in [1.54, 1.807) is 14.1 Å². The van der Waals surface area contributed by atoms with Crippen LogP contribution in [-0.4, -0.2) is 37.9 Å². The van der Waals surface area contributed by atoms with Gasteiger partial charge < -0.3 is 15.0 Å². The summed E-state index contributed by atoms with van der Waals surface area (Å²) < 4.78 is 5.34. The highest BCUT2D eigenvalue weighted by Gasteiger charge is 2.28. The number of carbonyl (C=O) groups excluding carboxylic acids is 2. The first kappa shape index (κ1) is 17.7. The van der Waals surface area contributed by atoms with E-state index in [0.29, 0.717) is 0 Å². The minimum absolute atomic E-state index is 0.197. The van der Waals surface area contributed by atoms with Gasteiger partial charge >= 0.3 is 0 Å². The number of amides is 2. The quantitative estimate of drug-likeness (QED) is 0.886. The third kappa shape index (κ3) is 4.20. The molecule has 2 aromatic carbocycles. The minimum atomic E-state index is -0.771. The second-order valence-electron chi connectivity index (χ2n) is 5.61. The fraction of sp³-hybridized carbons (Fsp3) is 0.263. The molecule has 5 nitrogen and oxygen atoms in total. The summed E-state index contributed by atoms with van der Waals surface area (Å²) in [6, 6.07) is 17.6. The molecule has 0 aliphatic heterocycles. The first-order chi connectivity index (χ1) is 11.5. The first-order valence-corrected chi connectivity index (χ1v) is 7.68. The lowest BCUT2D eigenvalue weighted by molar-refractivity contribution is -0.138. The van der Waals surface area contributed by atoms with Crippen LogP contribution < -0.4 is 5.32 Å². The Bertz CT molecular complexity index is 672. The Hall–Kier alpha value is -2.66. The fourth-order valence-corrected chi connectivity index (χ4v) is 2.43. The fourth-order valence-electron chi connectivity index (χ4n) is 2.43. The molecule has 5 heteroatoms. The Morgan fingerprint density at radius 1 is 0.917 bits per heavy atom. The van der Waals surface area contributed by atoms with Gasteiger partial charge in [0, 0.05) is 21.2 Å². The topological polar surface area (TPSA) is 58.6 Å². The van der Waals surface area contributed by atoms with E-state index in [1.165, 1.54) is 12.0 Å². The molecule has 2 aromatic rings. The molecule has 0 saturated carbocycles. The van der Waals surface area contributed by atoms with E-state index in [4.69, 9.17) is 4.74 Å². The highest BCUT2D eigenvalue weighted by molar-refractivity contribution is 5.90. The lowest BCUT2D eigenvalue weighted by Crippen LogP contribution is -2.42. The van der Waals surface area contributed by atoms with Crippen LogP contribution in [-0.2, 0) is 14.3 Å². The highest BCUT2D eigenvalue weighted by atomic mass is 16.5. The Labute approximate surface area is 142 Å². The average Bonchev–Trinajstić information content (AvgIpc) is 2.61. The standard InChI is InChI=1S/C19H22N2O3/c1-21(2)19(23)16(14-10-6-4-7-11-14)20-18(22)17(24-3)15-12-8-5-9-13-15/h4-13,16-17H,1-3H3,(H,20,22)/t16-,17+/m1/s1. The van der Waals surface area contributed by atoms with Gasteiger partial charge in [-0.2, -0.15) is 0 Å². The molecule has 2 amide bonds. The second kappa shape index (κ2) is 8.26. The van der Waals surface area contributed by atoms with Gasteiger partial charge in [-0.05, 0) is 11.1 Å². The van der Waals surface area contributed by atoms with Crippen LogP contribution in [0, 0.1) is 0 Å². The maximum absolute atomic E-state index is 12.7. The lowest BCUT2D eigenvalue weighted by atomic mass is 10.0. The third-order valence-electron chi connectivity index (χ3n) is 3.68. The second-order valence-corrected chi connectivity index (χ2v) is 5.61. The molecular formula is C19H22N2O3. The predicted molar refractivity (Wildman–Crippen MR) is 92.2 cm³/mol. The Balaban J connectivity index is 2.25. The number of hydrogen-bond acceptors (Lipinski definition) is 3. The van der Waals surface area contributed by atoms with E-state index in [2.05, 4.69) is 5.32 Å². The normalized spacial score (nSPS) is 13.0. The smallest absolute Gasteiger partial charge is 0.254 e. The van der Waals surface area contributed by atoms with Crippen LogP contribution in [0.5, 0.6) is 0 Å². The van der Waals surface area contributed by atoms with Gasteiger partial charge in [-0.1, -0.05) is 60.7 Å². The summed E-state index contributed by atoms with van der Waals surface area (Å²) in [6.07, 6.45) is -0.771. The van der Waals surface area contributed by atoms with Gasteiger partial charge in [0.15, 0.2) is 6.10 Å². The van der Waals surface area contributed by atoms with Crippen molar-refractivity contribution in [2.24, 2.45) is 0 Å². The summed E-state index contributed by atoms with van der Waals surface area (Å²) in [4.78, 5) is 26.6. The molecule has 0 spiro atoms. The molecule has 0 aliphatic rings. The van der Waals surface area contributed by atoms with Crippen molar-refractivity contribution in [3.8, 4) is 0 Å². The maximum Gasteiger partial charge on any atom is 0.254 e. The summed E-state index contributed by atoms with van der Waals surface area (Å²) in [7, 11) is 4.80. The maximum atomic E-state index is 12.7. The number of methoxy groups -OCH3 is 1. The van der Waals surface area contributed by atoms with Crippen LogP contribution in [0.1, 0.15) is 23.3 Å². The Morgan fingerprint density at radius 2 is 1.42 bits per heavy atom. The molecule has 0 saturated heterocycles. The van der Waals surface area contributed by atoms with E-state index in [-0.39, 0.29) is 11.8 Å². The van der Waals surface area contributed by atoms with E-state index >= 15 is 0 Å². The average molecular weight is 326 g/mol. The number of nitrogens with zero attached hydrogens (tertiary/aromatic N) is 1. The Morgan fingerprint density at radius 3 is 1.88 bits per heavy atom. The van der Waals surface area contributed by atoms with Crippen molar-refractivity contribution in [3.05, 3.63) is 71.8 Å². The first-order valence-electron chi connectivity index (χ1n) is 7.68. The van der Waals surface area contributed by atoms with Crippen LogP contribution in [0.15, 0.2) is 60.7 Å². The van der Waals surface area contributed by atoms with Gasteiger partial charge in [0.05, 0.1) is 0 Å². The van der Waals surface area contributed by atoms with Gasteiger partial charge in [-0.15, -0.1) is 0 Å². The summed E-state index contributed by atoms with van der Waals surface area (Å²) in [5.41, 5.74) is 1.47. The highest BCUT2D eigenvalue weighted by Crippen LogP contribution is 2.20. The largest absolute Gasteiger partial charge is 0.367 e. The number of nitrogens with one attached hydrogen (secondary N) is 1. The van der Waals surface area contributed by atoms with Crippen molar-refractivity contribution >= 4 is 11.8 Å². The zero-order valence-corrected chi connectivity index (χ0v) is 14.1. The van der Waals surface area contributed by atoms with Crippen molar-refractivity contribution in [2.45, 2.75) is 12.1 Å². The molecule has 0 heterocycles. The third-order valence-corrected chi connectivity index (χ3v) is 3.68. The monoisotopic (exact) mass is 326 g/mol. The van der Waals surface area contributed by atoms with E-state index in [9.17, 15) is 9.59 Å². The lowest BCUT2D eigenvalue weighted by Gasteiger charge is -2.24. The molecule has 24 heavy (non-hydrogen) atoms. The van der Waals surface area contributed by atoms with Crippen LogP contribution >= 0.6 is 0 Å².